The summed E-state index contributed by atoms with van der Waals surface area (Å²) in [6.07, 6.45) is 1.44. The number of carbonyl (C=O) groups is 1. The number of hydrogen-bond acceptors (Lipinski definition) is 4. The summed E-state index contributed by atoms with van der Waals surface area (Å²) < 4.78 is 12.1. The van der Waals surface area contributed by atoms with Gasteiger partial charge in [-0.1, -0.05) is 51.3 Å². The maximum atomic E-state index is 12.5. The van der Waals surface area contributed by atoms with Crippen molar-refractivity contribution in [2.45, 2.75) is 6.61 Å². The van der Waals surface area contributed by atoms with E-state index in [9.17, 15) is 10.1 Å². The number of anilines is 1. The summed E-state index contributed by atoms with van der Waals surface area (Å²) in [7, 11) is 1.49. The summed E-state index contributed by atoms with van der Waals surface area (Å²) in [6, 6.07) is 19.4. The summed E-state index contributed by atoms with van der Waals surface area (Å²) >= 11 is 15.7. The van der Waals surface area contributed by atoms with Crippen LogP contribution in [0, 0.1) is 11.3 Å². The smallest absolute Gasteiger partial charge is 0.266 e. The van der Waals surface area contributed by atoms with E-state index in [1.807, 2.05) is 18.2 Å². The maximum Gasteiger partial charge on any atom is 0.266 e. The third kappa shape index (κ3) is 6.27. The number of hydrogen-bond donors (Lipinski definition) is 1. The minimum absolute atomic E-state index is 0.0825. The number of carbonyl (C=O) groups excluding carboxylic acids is 1. The number of nitriles is 1. The molecular weight excluding hydrogens is 515 g/mol. The van der Waals surface area contributed by atoms with Crippen LogP contribution in [0.25, 0.3) is 6.08 Å². The van der Waals surface area contributed by atoms with Gasteiger partial charge in [-0.05, 0) is 65.7 Å². The van der Waals surface area contributed by atoms with E-state index in [2.05, 4.69) is 21.2 Å². The van der Waals surface area contributed by atoms with E-state index in [-0.39, 0.29) is 17.2 Å². The Bertz CT molecular complexity index is 1190. The highest BCUT2D eigenvalue weighted by Gasteiger charge is 2.14. The molecule has 0 saturated heterocycles. The highest BCUT2D eigenvalue weighted by molar-refractivity contribution is 9.10. The highest BCUT2D eigenvalue weighted by atomic mass is 79.9. The molecule has 3 aromatic rings. The second-order valence-corrected chi connectivity index (χ2v) is 8.34. The lowest BCUT2D eigenvalue weighted by Crippen LogP contribution is -2.13. The average molecular weight is 532 g/mol. The van der Waals surface area contributed by atoms with Crippen LogP contribution >= 0.6 is 39.1 Å². The molecule has 0 aromatic heterocycles. The second-order valence-electron chi connectivity index (χ2n) is 6.58. The standard InChI is InChI=1S/C24H17BrCl2N2O3/c1-31-22-12-16(10-17(13-28)24(30)29-20-8-4-18(25)5-9-20)11-21(27)23(22)32-14-15-2-6-19(26)7-3-15/h2-12H,14H2,1H3,(H,29,30)/b17-10-. The van der Waals surface area contributed by atoms with Gasteiger partial charge in [0.25, 0.3) is 5.91 Å². The Kier molecular flexibility index (Phi) is 8.18. The van der Waals surface area contributed by atoms with Gasteiger partial charge < -0.3 is 14.8 Å². The summed E-state index contributed by atoms with van der Waals surface area (Å²) in [5.74, 6) is 0.204. The predicted molar refractivity (Wildman–Crippen MR) is 130 cm³/mol. The first-order valence-corrected chi connectivity index (χ1v) is 10.9. The SMILES string of the molecule is COc1cc(/C=C(/C#N)C(=O)Nc2ccc(Br)cc2)cc(Cl)c1OCc1ccc(Cl)cc1. The molecule has 1 amide bonds. The molecule has 3 aromatic carbocycles. The van der Waals surface area contributed by atoms with Gasteiger partial charge in [0, 0.05) is 15.2 Å². The fraction of sp³-hybridized carbons (Fsp3) is 0.0833. The molecule has 0 heterocycles. The zero-order chi connectivity index (χ0) is 23.1. The Morgan fingerprint density at radius 1 is 1.12 bits per heavy atom. The van der Waals surface area contributed by atoms with Crippen LogP contribution < -0.4 is 14.8 Å². The predicted octanol–water partition coefficient (Wildman–Crippen LogP) is 6.89. The molecule has 8 heteroatoms. The van der Waals surface area contributed by atoms with Crippen molar-refractivity contribution in [1.82, 2.24) is 0 Å². The monoisotopic (exact) mass is 530 g/mol. The van der Waals surface area contributed by atoms with E-state index < -0.39 is 5.91 Å². The molecule has 1 N–H and O–H groups in total. The summed E-state index contributed by atoms with van der Waals surface area (Å²) in [5, 5.41) is 13.1. The lowest BCUT2D eigenvalue weighted by Gasteiger charge is -2.14. The van der Waals surface area contributed by atoms with E-state index in [0.29, 0.717) is 27.8 Å². The van der Waals surface area contributed by atoms with E-state index >= 15 is 0 Å². The number of amides is 1. The maximum absolute atomic E-state index is 12.5. The topological polar surface area (TPSA) is 71.3 Å². The Balaban J connectivity index is 1.80. The van der Waals surface area contributed by atoms with Gasteiger partial charge >= 0.3 is 0 Å². The number of nitrogens with one attached hydrogen (secondary N) is 1. The molecule has 0 radical (unpaired) electrons. The molecule has 162 valence electrons. The molecule has 0 aliphatic rings. The number of ether oxygens (including phenoxy) is 2. The molecule has 0 aliphatic carbocycles. The molecule has 0 saturated carbocycles. The quantitative estimate of drug-likeness (QED) is 0.266. The van der Waals surface area contributed by atoms with Crippen LogP contribution in [-0.4, -0.2) is 13.0 Å². The van der Waals surface area contributed by atoms with Crippen LogP contribution in [0.5, 0.6) is 11.5 Å². The van der Waals surface area contributed by atoms with Gasteiger partial charge in [-0.3, -0.25) is 4.79 Å². The van der Waals surface area contributed by atoms with Crippen molar-refractivity contribution in [1.29, 1.82) is 5.26 Å². The normalized spacial score (nSPS) is 10.9. The number of benzene rings is 3. The number of rotatable bonds is 7. The summed E-state index contributed by atoms with van der Waals surface area (Å²) in [6.45, 7) is 0.265. The summed E-state index contributed by atoms with van der Waals surface area (Å²) in [5.41, 5.74) is 1.92. The van der Waals surface area contributed by atoms with Gasteiger partial charge in [0.05, 0.1) is 12.1 Å². The van der Waals surface area contributed by atoms with Gasteiger partial charge in [-0.15, -0.1) is 0 Å². The van der Waals surface area contributed by atoms with Crippen molar-refractivity contribution in [2.24, 2.45) is 0 Å². The first-order valence-electron chi connectivity index (χ1n) is 9.33. The Morgan fingerprint density at radius 2 is 1.81 bits per heavy atom. The first-order chi connectivity index (χ1) is 15.4. The Hall–Kier alpha value is -2.98. The Morgan fingerprint density at radius 3 is 2.44 bits per heavy atom. The lowest BCUT2D eigenvalue weighted by atomic mass is 10.1. The molecule has 0 bridgehead atoms. The fourth-order valence-corrected chi connectivity index (χ4v) is 3.41. The van der Waals surface area contributed by atoms with E-state index in [4.69, 9.17) is 32.7 Å². The molecule has 0 spiro atoms. The van der Waals surface area contributed by atoms with Crippen molar-refractivity contribution >= 4 is 56.8 Å². The third-order valence-electron chi connectivity index (χ3n) is 4.33. The van der Waals surface area contributed by atoms with Crippen LogP contribution in [0.4, 0.5) is 5.69 Å². The van der Waals surface area contributed by atoms with E-state index in [1.165, 1.54) is 13.2 Å². The van der Waals surface area contributed by atoms with Gasteiger partial charge in [0.1, 0.15) is 18.2 Å². The molecule has 0 unspecified atom stereocenters. The first kappa shape index (κ1) is 23.7. The van der Waals surface area contributed by atoms with Crippen molar-refractivity contribution in [2.75, 3.05) is 12.4 Å². The number of nitrogens with zero attached hydrogens (tertiary/aromatic N) is 1. The van der Waals surface area contributed by atoms with Gasteiger partial charge in [-0.25, -0.2) is 0 Å². The van der Waals surface area contributed by atoms with Crippen molar-refractivity contribution in [3.8, 4) is 17.6 Å². The van der Waals surface area contributed by atoms with Crippen molar-refractivity contribution in [3.63, 3.8) is 0 Å². The third-order valence-corrected chi connectivity index (χ3v) is 5.39. The Labute approximate surface area is 204 Å². The van der Waals surface area contributed by atoms with Gasteiger partial charge in [-0.2, -0.15) is 5.26 Å². The number of halogens is 3. The number of methoxy groups -OCH3 is 1. The van der Waals surface area contributed by atoms with Crippen LogP contribution in [0.3, 0.4) is 0 Å². The average Bonchev–Trinajstić information content (AvgIpc) is 2.79. The molecule has 32 heavy (non-hydrogen) atoms. The fourth-order valence-electron chi connectivity index (χ4n) is 2.75. The molecule has 0 atom stereocenters. The van der Waals surface area contributed by atoms with E-state index in [0.717, 1.165) is 10.0 Å². The minimum atomic E-state index is -0.534. The van der Waals surface area contributed by atoms with Crippen LogP contribution in [-0.2, 0) is 11.4 Å². The second kappa shape index (κ2) is 11.1. The van der Waals surface area contributed by atoms with Crippen LogP contribution in [0.1, 0.15) is 11.1 Å². The molecule has 0 fully saturated rings. The highest BCUT2D eigenvalue weighted by Crippen LogP contribution is 2.37. The van der Waals surface area contributed by atoms with Crippen LogP contribution in [0.15, 0.2) is 70.7 Å². The van der Waals surface area contributed by atoms with Gasteiger partial charge in [0.2, 0.25) is 0 Å². The zero-order valence-corrected chi connectivity index (χ0v) is 20.0. The minimum Gasteiger partial charge on any atom is -0.493 e. The molecule has 0 aliphatic heterocycles. The van der Waals surface area contributed by atoms with Crippen LogP contribution in [0.2, 0.25) is 10.0 Å². The summed E-state index contributed by atoms with van der Waals surface area (Å²) in [4.78, 5) is 12.5. The largest absolute Gasteiger partial charge is 0.493 e. The zero-order valence-electron chi connectivity index (χ0n) is 16.9. The van der Waals surface area contributed by atoms with Gasteiger partial charge in [0.15, 0.2) is 11.5 Å². The molecular formula is C24H17BrCl2N2O3. The van der Waals surface area contributed by atoms with E-state index in [1.54, 1.807) is 48.5 Å². The van der Waals surface area contributed by atoms with Crippen molar-refractivity contribution < 1.29 is 14.3 Å². The molecule has 3 rings (SSSR count). The molecule has 5 nitrogen and oxygen atoms in total. The van der Waals surface area contributed by atoms with Crippen molar-refractivity contribution in [3.05, 3.63) is 91.9 Å². The lowest BCUT2D eigenvalue weighted by molar-refractivity contribution is -0.112.